The molecule has 1 N–H and O–H groups in total. The number of hydrogen-bond acceptors (Lipinski definition) is 4. The highest BCUT2D eigenvalue weighted by atomic mass is 35.5. The fraction of sp³-hybridized carbons (Fsp3) is 0.217. The zero-order valence-corrected chi connectivity index (χ0v) is 19.7. The van der Waals surface area contributed by atoms with Crippen LogP contribution in [0.2, 0.25) is 5.02 Å². The average molecular weight is 471 g/mol. The normalized spacial score (nSPS) is 11.6. The van der Waals surface area contributed by atoms with Gasteiger partial charge in [-0.3, -0.25) is 9.10 Å². The topological polar surface area (TPSA) is 95.2 Å². The van der Waals surface area contributed by atoms with E-state index in [1.807, 2.05) is 20.8 Å². The van der Waals surface area contributed by atoms with E-state index in [0.717, 1.165) is 4.31 Å². The Hall–Kier alpha value is -3.28. The average Bonchev–Trinajstić information content (AvgIpc) is 3.16. The number of anilines is 2. The van der Waals surface area contributed by atoms with Crippen molar-refractivity contribution in [3.05, 3.63) is 76.9 Å². The molecule has 1 amide bonds. The maximum atomic E-state index is 13.1. The van der Waals surface area contributed by atoms with Crippen molar-refractivity contribution in [2.45, 2.75) is 31.2 Å². The Morgan fingerprint density at radius 2 is 1.81 bits per heavy atom. The van der Waals surface area contributed by atoms with Crippen molar-refractivity contribution in [3.8, 4) is 6.07 Å². The largest absolute Gasteiger partial charge is 0.328 e. The number of rotatable bonds is 5. The number of carbonyl (C=O) groups excluding carboxylic acids is 1. The second-order valence-corrected chi connectivity index (χ2v) is 10.6. The first-order chi connectivity index (χ1) is 14.9. The molecule has 7 nitrogen and oxygen atoms in total. The Morgan fingerprint density at radius 1 is 1.12 bits per heavy atom. The van der Waals surface area contributed by atoms with Crippen LogP contribution in [0.3, 0.4) is 0 Å². The van der Waals surface area contributed by atoms with E-state index in [9.17, 15) is 18.5 Å². The number of amides is 1. The number of nitrogens with zero attached hydrogens (tertiary/aromatic N) is 3. The minimum absolute atomic E-state index is 0.0310. The van der Waals surface area contributed by atoms with Gasteiger partial charge in [-0.05, 0) is 63.2 Å². The molecule has 0 atom stereocenters. The first-order valence-electron chi connectivity index (χ1n) is 9.72. The van der Waals surface area contributed by atoms with E-state index in [2.05, 4.69) is 11.4 Å². The van der Waals surface area contributed by atoms with Gasteiger partial charge in [0.25, 0.3) is 15.9 Å². The summed E-state index contributed by atoms with van der Waals surface area (Å²) in [6, 6.07) is 15.9. The van der Waals surface area contributed by atoms with Crippen LogP contribution in [0.4, 0.5) is 11.5 Å². The molecule has 0 aliphatic heterocycles. The van der Waals surface area contributed by atoms with Gasteiger partial charge in [0, 0.05) is 29.4 Å². The van der Waals surface area contributed by atoms with Crippen LogP contribution in [0.5, 0.6) is 0 Å². The zero-order valence-electron chi connectivity index (χ0n) is 18.1. The maximum Gasteiger partial charge on any atom is 0.264 e. The number of hydrogen-bond donors (Lipinski definition) is 1. The summed E-state index contributed by atoms with van der Waals surface area (Å²) >= 11 is 5.99. The van der Waals surface area contributed by atoms with Crippen molar-refractivity contribution < 1.29 is 13.2 Å². The molecular formula is C23H23ClN4O3S. The van der Waals surface area contributed by atoms with Crippen LogP contribution >= 0.6 is 11.6 Å². The second-order valence-electron chi connectivity index (χ2n) is 8.20. The van der Waals surface area contributed by atoms with Crippen LogP contribution in [0.1, 0.15) is 36.7 Å². The Bertz CT molecular complexity index is 1320. The van der Waals surface area contributed by atoms with Crippen LogP contribution in [0, 0.1) is 11.3 Å². The molecule has 0 spiro atoms. The predicted molar refractivity (Wildman–Crippen MR) is 126 cm³/mol. The van der Waals surface area contributed by atoms with Gasteiger partial charge in [-0.1, -0.05) is 23.7 Å². The molecule has 166 valence electrons. The molecule has 2 aromatic carbocycles. The molecule has 0 bridgehead atoms. The molecule has 0 aliphatic carbocycles. The molecule has 1 aromatic heterocycles. The van der Waals surface area contributed by atoms with Gasteiger partial charge in [0.05, 0.1) is 16.1 Å². The molecule has 0 saturated heterocycles. The number of halogens is 1. The third-order valence-corrected chi connectivity index (χ3v) is 6.86. The summed E-state index contributed by atoms with van der Waals surface area (Å²) in [5.41, 5.74) is 0.614. The smallest absolute Gasteiger partial charge is 0.264 e. The van der Waals surface area contributed by atoms with Gasteiger partial charge in [-0.25, -0.2) is 8.42 Å². The Kier molecular flexibility index (Phi) is 6.35. The van der Waals surface area contributed by atoms with Gasteiger partial charge in [0.1, 0.15) is 11.9 Å². The van der Waals surface area contributed by atoms with Crippen molar-refractivity contribution in [1.29, 1.82) is 5.26 Å². The fourth-order valence-corrected chi connectivity index (χ4v) is 4.55. The first kappa shape index (κ1) is 23.4. The van der Waals surface area contributed by atoms with Crippen LogP contribution in [-0.2, 0) is 15.6 Å². The van der Waals surface area contributed by atoms with E-state index in [0.29, 0.717) is 22.1 Å². The first-order valence-corrected chi connectivity index (χ1v) is 11.5. The maximum absolute atomic E-state index is 13.1. The zero-order chi connectivity index (χ0) is 23.7. The molecule has 3 rings (SSSR count). The predicted octanol–water partition coefficient (Wildman–Crippen LogP) is 4.85. The van der Waals surface area contributed by atoms with Crippen molar-refractivity contribution in [3.63, 3.8) is 0 Å². The van der Waals surface area contributed by atoms with Gasteiger partial charge in [-0.2, -0.15) is 5.26 Å². The van der Waals surface area contributed by atoms with Crippen molar-refractivity contribution >= 4 is 39.0 Å². The third-order valence-electron chi connectivity index (χ3n) is 4.84. The van der Waals surface area contributed by atoms with E-state index in [1.54, 1.807) is 41.1 Å². The lowest BCUT2D eigenvalue weighted by Crippen LogP contribution is -2.27. The summed E-state index contributed by atoms with van der Waals surface area (Å²) in [6.07, 6.45) is 1.66. The molecule has 0 radical (unpaired) electrons. The van der Waals surface area contributed by atoms with Crippen molar-refractivity contribution in [2.24, 2.45) is 0 Å². The number of sulfonamides is 1. The molecule has 9 heteroatoms. The summed E-state index contributed by atoms with van der Waals surface area (Å²) in [6.45, 7) is 5.84. The van der Waals surface area contributed by atoms with Crippen LogP contribution < -0.4 is 9.62 Å². The van der Waals surface area contributed by atoms with Gasteiger partial charge in [-0.15, -0.1) is 0 Å². The summed E-state index contributed by atoms with van der Waals surface area (Å²) < 4.78 is 29.1. The van der Waals surface area contributed by atoms with Crippen LogP contribution in [-0.4, -0.2) is 25.9 Å². The van der Waals surface area contributed by atoms with Crippen molar-refractivity contribution in [1.82, 2.24) is 4.57 Å². The standard InChI is InChI=1S/C23H23ClN4O3S/c1-23(2,3)28-15-16(14-25)11-21(28)26-22(29)17-7-5-10-20(12-17)32(30,31)27(4)19-9-6-8-18(24)13-19/h5-13,15H,1-4H3,(H,26,29). The lowest BCUT2D eigenvalue weighted by atomic mass is 10.1. The van der Waals surface area contributed by atoms with Gasteiger partial charge in [0.2, 0.25) is 0 Å². The molecular weight excluding hydrogens is 448 g/mol. The summed E-state index contributed by atoms with van der Waals surface area (Å²) in [7, 11) is -2.50. The number of carbonyl (C=O) groups is 1. The SMILES string of the molecule is CN(c1cccc(Cl)c1)S(=O)(=O)c1cccc(C(=O)Nc2cc(C#N)cn2C(C)(C)C)c1. The molecule has 1 heterocycles. The second kappa shape index (κ2) is 8.69. The Morgan fingerprint density at radius 3 is 2.44 bits per heavy atom. The molecule has 0 fully saturated rings. The van der Waals surface area contributed by atoms with Crippen LogP contribution in [0.15, 0.2) is 65.7 Å². The highest BCUT2D eigenvalue weighted by Crippen LogP contribution is 2.27. The highest BCUT2D eigenvalue weighted by molar-refractivity contribution is 7.92. The fourth-order valence-electron chi connectivity index (χ4n) is 3.13. The summed E-state index contributed by atoms with van der Waals surface area (Å²) in [5, 5.41) is 12.4. The quantitative estimate of drug-likeness (QED) is 0.576. The molecule has 0 aliphatic rings. The van der Waals surface area contributed by atoms with E-state index in [4.69, 9.17) is 11.6 Å². The molecule has 3 aromatic rings. The van der Waals surface area contributed by atoms with E-state index in [-0.39, 0.29) is 16.0 Å². The summed E-state index contributed by atoms with van der Waals surface area (Å²) in [5.74, 6) is -0.0381. The molecule has 0 saturated carbocycles. The minimum Gasteiger partial charge on any atom is -0.328 e. The molecule has 0 unspecified atom stereocenters. The number of benzene rings is 2. The van der Waals surface area contributed by atoms with Gasteiger partial charge >= 0.3 is 0 Å². The van der Waals surface area contributed by atoms with E-state index in [1.165, 1.54) is 31.3 Å². The lowest BCUT2D eigenvalue weighted by molar-refractivity contribution is 0.102. The lowest BCUT2D eigenvalue weighted by Gasteiger charge is -2.24. The monoisotopic (exact) mass is 470 g/mol. The third kappa shape index (κ3) is 4.79. The number of aromatic nitrogens is 1. The van der Waals surface area contributed by atoms with Gasteiger partial charge in [0.15, 0.2) is 0 Å². The summed E-state index contributed by atoms with van der Waals surface area (Å²) in [4.78, 5) is 12.9. The van der Waals surface area contributed by atoms with Crippen molar-refractivity contribution in [2.75, 3.05) is 16.7 Å². The Labute approximate surface area is 192 Å². The number of nitrogens with one attached hydrogen (secondary N) is 1. The highest BCUT2D eigenvalue weighted by Gasteiger charge is 2.24. The van der Waals surface area contributed by atoms with E-state index < -0.39 is 15.9 Å². The van der Waals surface area contributed by atoms with E-state index >= 15 is 0 Å². The minimum atomic E-state index is -3.92. The van der Waals surface area contributed by atoms with Crippen LogP contribution in [0.25, 0.3) is 0 Å². The number of nitriles is 1. The Balaban J connectivity index is 1.92. The molecule has 32 heavy (non-hydrogen) atoms. The van der Waals surface area contributed by atoms with Gasteiger partial charge < -0.3 is 9.88 Å².